The fourth-order valence-electron chi connectivity index (χ4n) is 1.85. The van der Waals surface area contributed by atoms with Gasteiger partial charge in [-0.05, 0) is 57.0 Å². The maximum atomic E-state index is 11.7. The molecule has 0 aliphatic carbocycles. The zero-order chi connectivity index (χ0) is 15.5. The number of hydrogen-bond donors (Lipinski definition) is 2. The molecule has 1 aromatic rings. The van der Waals surface area contributed by atoms with Crippen molar-refractivity contribution in [1.29, 1.82) is 0 Å². The summed E-state index contributed by atoms with van der Waals surface area (Å²) in [6.45, 7) is 5.38. The largest absolute Gasteiger partial charge is 0.491 e. The quantitative estimate of drug-likeness (QED) is 0.543. The zero-order valence-corrected chi connectivity index (χ0v) is 13.0. The van der Waals surface area contributed by atoms with Crippen molar-refractivity contribution in [3.8, 4) is 5.75 Å². The van der Waals surface area contributed by atoms with Crippen molar-refractivity contribution in [3.63, 3.8) is 0 Å². The van der Waals surface area contributed by atoms with E-state index in [0.717, 1.165) is 30.6 Å². The number of ether oxygens (including phenoxy) is 1. The molecule has 3 N–H and O–H groups in total. The Kier molecular flexibility index (Phi) is 8.21. The zero-order valence-electron chi connectivity index (χ0n) is 13.0. The van der Waals surface area contributed by atoms with Crippen LogP contribution in [0.15, 0.2) is 30.3 Å². The van der Waals surface area contributed by atoms with Crippen molar-refractivity contribution >= 4 is 12.0 Å². The molecule has 4 nitrogen and oxygen atoms in total. The number of nitrogens with two attached hydrogens (primary N) is 1. The molecule has 4 heteroatoms. The second-order valence-corrected chi connectivity index (χ2v) is 5.21. The Bertz CT molecular complexity index is 456. The van der Waals surface area contributed by atoms with Gasteiger partial charge in [0, 0.05) is 12.6 Å². The number of rotatable bonds is 9. The van der Waals surface area contributed by atoms with E-state index in [1.165, 1.54) is 0 Å². The van der Waals surface area contributed by atoms with Gasteiger partial charge in [-0.3, -0.25) is 4.79 Å². The smallest absolute Gasteiger partial charge is 0.243 e. The van der Waals surface area contributed by atoms with Crippen LogP contribution < -0.4 is 15.8 Å². The van der Waals surface area contributed by atoms with Crippen LogP contribution in [0.2, 0.25) is 0 Å². The fraction of sp³-hybridized carbons (Fsp3) is 0.471. The van der Waals surface area contributed by atoms with Gasteiger partial charge < -0.3 is 15.8 Å². The molecule has 0 aliphatic heterocycles. The third-order valence-electron chi connectivity index (χ3n) is 2.84. The molecule has 0 spiro atoms. The van der Waals surface area contributed by atoms with Gasteiger partial charge in [0.1, 0.15) is 5.75 Å². The molecule has 1 amide bonds. The normalized spacial score (nSPS) is 11.0. The molecule has 0 fully saturated rings. The van der Waals surface area contributed by atoms with E-state index in [-0.39, 0.29) is 12.0 Å². The van der Waals surface area contributed by atoms with Crippen molar-refractivity contribution < 1.29 is 9.53 Å². The Balaban J connectivity index is 2.39. The summed E-state index contributed by atoms with van der Waals surface area (Å²) in [5, 5.41) is 2.86. The number of unbranched alkanes of at least 4 members (excludes halogenated alkanes) is 2. The lowest BCUT2D eigenvalue weighted by Gasteiger charge is -2.09. The van der Waals surface area contributed by atoms with Gasteiger partial charge in [0.2, 0.25) is 5.91 Å². The van der Waals surface area contributed by atoms with E-state index in [0.29, 0.717) is 13.1 Å². The Morgan fingerprint density at radius 2 is 2.14 bits per heavy atom. The van der Waals surface area contributed by atoms with Crippen LogP contribution >= 0.6 is 0 Å². The fourth-order valence-corrected chi connectivity index (χ4v) is 1.85. The number of nitrogens with one attached hydrogen (secondary N) is 1. The molecule has 0 unspecified atom stereocenters. The van der Waals surface area contributed by atoms with E-state index in [1.54, 1.807) is 12.2 Å². The maximum Gasteiger partial charge on any atom is 0.243 e. The number of carbonyl (C=O) groups excluding carboxylic acids is 1. The highest BCUT2D eigenvalue weighted by molar-refractivity contribution is 5.91. The van der Waals surface area contributed by atoms with Crippen molar-refractivity contribution in [2.75, 3.05) is 13.1 Å². The van der Waals surface area contributed by atoms with Gasteiger partial charge in [0.25, 0.3) is 0 Å². The highest BCUT2D eigenvalue weighted by Crippen LogP contribution is 2.15. The molecule has 0 aromatic heterocycles. The van der Waals surface area contributed by atoms with Crippen molar-refractivity contribution in [2.45, 2.75) is 39.2 Å². The first-order chi connectivity index (χ1) is 10.1. The van der Waals surface area contributed by atoms with Crippen LogP contribution in [0.1, 0.15) is 38.7 Å². The lowest BCUT2D eigenvalue weighted by atomic mass is 10.2. The Morgan fingerprint density at radius 1 is 1.33 bits per heavy atom. The molecule has 0 saturated heterocycles. The standard InChI is InChI=1S/C17H26N2O2/c1-14(2)21-16-8-6-7-15(13-16)9-10-17(20)19-12-5-3-4-11-18/h6-10,13-14H,3-5,11-12,18H2,1-2H3,(H,19,20)/b10-9+. The average molecular weight is 290 g/mol. The van der Waals surface area contributed by atoms with Crippen LogP contribution in [0.5, 0.6) is 5.75 Å². The molecule has 0 aliphatic rings. The first-order valence-corrected chi connectivity index (χ1v) is 7.54. The number of benzene rings is 1. The number of amides is 1. The van der Waals surface area contributed by atoms with Crippen molar-refractivity contribution in [1.82, 2.24) is 5.32 Å². The second kappa shape index (κ2) is 10.00. The minimum atomic E-state index is -0.0714. The summed E-state index contributed by atoms with van der Waals surface area (Å²) in [5.74, 6) is 0.743. The number of hydrogen-bond acceptors (Lipinski definition) is 3. The van der Waals surface area contributed by atoms with E-state index in [1.807, 2.05) is 38.1 Å². The van der Waals surface area contributed by atoms with Gasteiger partial charge in [-0.25, -0.2) is 0 Å². The first kappa shape index (κ1) is 17.2. The van der Waals surface area contributed by atoms with Gasteiger partial charge in [0.05, 0.1) is 6.10 Å². The molecule has 21 heavy (non-hydrogen) atoms. The van der Waals surface area contributed by atoms with Crippen molar-refractivity contribution in [3.05, 3.63) is 35.9 Å². The highest BCUT2D eigenvalue weighted by Gasteiger charge is 1.99. The van der Waals surface area contributed by atoms with Crippen LogP contribution in [0.3, 0.4) is 0 Å². The van der Waals surface area contributed by atoms with E-state index >= 15 is 0 Å². The third-order valence-corrected chi connectivity index (χ3v) is 2.84. The molecule has 1 rings (SSSR count). The summed E-state index contributed by atoms with van der Waals surface area (Å²) < 4.78 is 5.62. The summed E-state index contributed by atoms with van der Waals surface area (Å²) in [4.78, 5) is 11.7. The number of carbonyl (C=O) groups is 1. The minimum Gasteiger partial charge on any atom is -0.491 e. The Morgan fingerprint density at radius 3 is 2.86 bits per heavy atom. The SMILES string of the molecule is CC(C)Oc1cccc(/C=C/C(=O)NCCCCCN)c1. The topological polar surface area (TPSA) is 64.3 Å². The van der Waals surface area contributed by atoms with Crippen LogP contribution in [0, 0.1) is 0 Å². The Labute approximate surface area is 127 Å². The molecule has 1 aromatic carbocycles. The first-order valence-electron chi connectivity index (χ1n) is 7.54. The van der Waals surface area contributed by atoms with E-state index in [9.17, 15) is 4.79 Å². The average Bonchev–Trinajstić information content (AvgIpc) is 2.44. The Hall–Kier alpha value is -1.81. The molecular formula is C17H26N2O2. The minimum absolute atomic E-state index is 0.0714. The monoisotopic (exact) mass is 290 g/mol. The van der Waals surface area contributed by atoms with Gasteiger partial charge >= 0.3 is 0 Å². The highest BCUT2D eigenvalue weighted by atomic mass is 16.5. The lowest BCUT2D eigenvalue weighted by molar-refractivity contribution is -0.116. The molecule has 0 radical (unpaired) electrons. The molecule has 0 saturated carbocycles. The maximum absolute atomic E-state index is 11.7. The van der Waals surface area contributed by atoms with Crippen LogP contribution in [-0.2, 0) is 4.79 Å². The lowest BCUT2D eigenvalue weighted by Crippen LogP contribution is -2.22. The molecular weight excluding hydrogens is 264 g/mol. The molecule has 0 atom stereocenters. The van der Waals surface area contributed by atoms with Crippen LogP contribution in [0.4, 0.5) is 0 Å². The summed E-state index contributed by atoms with van der Waals surface area (Å²) in [5.41, 5.74) is 6.37. The van der Waals surface area contributed by atoms with Crippen molar-refractivity contribution in [2.24, 2.45) is 5.73 Å². The predicted octanol–water partition coefficient (Wildman–Crippen LogP) is 2.73. The summed E-state index contributed by atoms with van der Waals surface area (Å²) in [7, 11) is 0. The van der Waals surface area contributed by atoms with Gasteiger partial charge in [-0.2, -0.15) is 0 Å². The van der Waals surface area contributed by atoms with E-state index in [2.05, 4.69) is 5.32 Å². The van der Waals surface area contributed by atoms with Gasteiger partial charge in [-0.15, -0.1) is 0 Å². The van der Waals surface area contributed by atoms with Crippen LogP contribution in [0.25, 0.3) is 6.08 Å². The molecule has 0 bridgehead atoms. The van der Waals surface area contributed by atoms with E-state index in [4.69, 9.17) is 10.5 Å². The second-order valence-electron chi connectivity index (χ2n) is 5.21. The summed E-state index contributed by atoms with van der Waals surface area (Å²) in [6, 6.07) is 7.69. The molecule has 116 valence electrons. The van der Waals surface area contributed by atoms with Gasteiger partial charge in [0.15, 0.2) is 0 Å². The summed E-state index contributed by atoms with van der Waals surface area (Å²) >= 11 is 0. The van der Waals surface area contributed by atoms with E-state index < -0.39 is 0 Å². The summed E-state index contributed by atoms with van der Waals surface area (Å²) in [6.07, 6.45) is 6.51. The third kappa shape index (κ3) is 8.15. The van der Waals surface area contributed by atoms with Gasteiger partial charge in [-0.1, -0.05) is 18.6 Å². The van der Waals surface area contributed by atoms with Crippen LogP contribution in [-0.4, -0.2) is 25.1 Å². The predicted molar refractivity (Wildman–Crippen MR) is 87.2 cm³/mol. The molecule has 0 heterocycles.